The second-order valence-corrected chi connectivity index (χ2v) is 4.06. The van der Waals surface area contributed by atoms with E-state index in [1.807, 2.05) is 0 Å². The van der Waals surface area contributed by atoms with Gasteiger partial charge in [0.05, 0.1) is 36.9 Å². The van der Waals surface area contributed by atoms with Crippen molar-refractivity contribution in [3.05, 3.63) is 23.2 Å². The number of ether oxygens (including phenoxy) is 1. The number of hydrogen-bond acceptors (Lipinski definition) is 3. The van der Waals surface area contributed by atoms with Crippen molar-refractivity contribution in [3.8, 4) is 5.75 Å². The molecule has 1 fully saturated rings. The molecule has 2 rings (SSSR count). The van der Waals surface area contributed by atoms with E-state index >= 15 is 0 Å². The van der Waals surface area contributed by atoms with Gasteiger partial charge in [-0.2, -0.15) is 0 Å². The van der Waals surface area contributed by atoms with Crippen molar-refractivity contribution < 1.29 is 14.6 Å². The molecule has 1 saturated heterocycles. The maximum Gasteiger partial charge on any atom is 0.229 e. The number of benzene rings is 1. The maximum atomic E-state index is 11.6. The van der Waals surface area contributed by atoms with Crippen LogP contribution in [-0.2, 0) is 4.79 Å². The highest BCUT2D eigenvalue weighted by molar-refractivity contribution is 6.32. The van der Waals surface area contributed by atoms with Crippen LogP contribution in [0.15, 0.2) is 18.2 Å². The molecule has 1 unspecified atom stereocenters. The summed E-state index contributed by atoms with van der Waals surface area (Å²) in [4.78, 5) is 13.1. The van der Waals surface area contributed by atoms with Gasteiger partial charge in [0.15, 0.2) is 5.75 Å². The molecule has 1 aliphatic rings. The number of nitrogens with zero attached hydrogens (tertiary/aromatic N) is 1. The lowest BCUT2D eigenvalue weighted by Crippen LogP contribution is -2.25. The summed E-state index contributed by atoms with van der Waals surface area (Å²) in [6.07, 6.45) is -0.466. The minimum absolute atomic E-state index is 0.118. The maximum absolute atomic E-state index is 11.6. The molecule has 5 heteroatoms. The normalized spacial score (nSPS) is 20.3. The number of β-amino-alcohol motifs (C(OH)–C–C–N with tert-alkyl or cyclic N) is 1. The van der Waals surface area contributed by atoms with Crippen LogP contribution in [0.25, 0.3) is 0 Å². The number of methoxy groups -OCH3 is 1. The molecule has 0 aromatic heterocycles. The first-order valence-corrected chi connectivity index (χ1v) is 5.32. The molecule has 0 bridgehead atoms. The molecule has 1 aromatic rings. The third kappa shape index (κ3) is 1.86. The van der Waals surface area contributed by atoms with Gasteiger partial charge in [-0.25, -0.2) is 0 Å². The first kappa shape index (κ1) is 11.2. The second kappa shape index (κ2) is 4.31. The van der Waals surface area contributed by atoms with Crippen LogP contribution in [0.1, 0.15) is 6.42 Å². The molecule has 0 spiro atoms. The number of carbonyl (C=O) groups is 1. The van der Waals surface area contributed by atoms with Gasteiger partial charge in [0, 0.05) is 0 Å². The highest BCUT2D eigenvalue weighted by atomic mass is 35.5. The van der Waals surface area contributed by atoms with E-state index in [9.17, 15) is 9.90 Å². The lowest BCUT2D eigenvalue weighted by atomic mass is 10.2. The van der Waals surface area contributed by atoms with Crippen molar-refractivity contribution >= 4 is 23.2 Å². The highest BCUT2D eigenvalue weighted by Crippen LogP contribution is 2.36. The van der Waals surface area contributed by atoms with Crippen molar-refractivity contribution in [1.29, 1.82) is 0 Å². The first-order chi connectivity index (χ1) is 7.63. The third-order valence-corrected chi connectivity index (χ3v) is 2.84. The third-order valence-electron chi connectivity index (χ3n) is 2.55. The summed E-state index contributed by atoms with van der Waals surface area (Å²) in [5.41, 5.74) is 0.608. The predicted octanol–water partition coefficient (Wildman–Crippen LogP) is 1.45. The zero-order valence-corrected chi connectivity index (χ0v) is 9.57. The largest absolute Gasteiger partial charge is 0.493 e. The molecule has 1 aromatic carbocycles. The Labute approximate surface area is 98.4 Å². The van der Waals surface area contributed by atoms with Gasteiger partial charge in [-0.1, -0.05) is 17.7 Å². The number of aliphatic hydroxyl groups excluding tert-OH is 1. The van der Waals surface area contributed by atoms with Gasteiger partial charge >= 0.3 is 0 Å². The van der Waals surface area contributed by atoms with E-state index in [1.54, 1.807) is 18.2 Å². The van der Waals surface area contributed by atoms with Crippen molar-refractivity contribution in [1.82, 2.24) is 0 Å². The molecule has 1 heterocycles. The average molecular weight is 242 g/mol. The van der Waals surface area contributed by atoms with Crippen molar-refractivity contribution in [2.75, 3.05) is 18.6 Å². The molecule has 0 saturated carbocycles. The first-order valence-electron chi connectivity index (χ1n) is 4.94. The lowest BCUT2D eigenvalue weighted by Gasteiger charge is -2.19. The number of carbonyl (C=O) groups excluding carboxylic acids is 1. The summed E-state index contributed by atoms with van der Waals surface area (Å²) in [7, 11) is 1.50. The quantitative estimate of drug-likeness (QED) is 0.853. The van der Waals surface area contributed by atoms with Gasteiger partial charge in [-0.15, -0.1) is 0 Å². The van der Waals surface area contributed by atoms with Crippen LogP contribution in [0, 0.1) is 0 Å². The van der Waals surface area contributed by atoms with Crippen molar-refractivity contribution in [2.24, 2.45) is 0 Å². The summed E-state index contributed by atoms with van der Waals surface area (Å²) >= 11 is 5.97. The highest BCUT2D eigenvalue weighted by Gasteiger charge is 2.31. The van der Waals surface area contributed by atoms with E-state index < -0.39 is 6.10 Å². The molecule has 4 nitrogen and oxygen atoms in total. The van der Waals surface area contributed by atoms with Gasteiger partial charge in [-0.3, -0.25) is 4.79 Å². The van der Waals surface area contributed by atoms with E-state index in [1.165, 1.54) is 12.0 Å². The SMILES string of the molecule is COc1c(Cl)cccc1N1CC(O)CC1=O. The number of para-hydroxylation sites is 1. The van der Waals surface area contributed by atoms with E-state index in [-0.39, 0.29) is 18.9 Å². The van der Waals surface area contributed by atoms with Crippen LogP contribution >= 0.6 is 11.6 Å². The van der Waals surface area contributed by atoms with Crippen LogP contribution in [0.5, 0.6) is 5.75 Å². The number of rotatable bonds is 2. The standard InChI is InChI=1S/C11H12ClNO3/c1-16-11-8(12)3-2-4-9(11)13-6-7(14)5-10(13)15/h2-4,7,14H,5-6H2,1H3. The second-order valence-electron chi connectivity index (χ2n) is 3.65. The Hall–Kier alpha value is -1.26. The Morgan fingerprint density at radius 2 is 2.31 bits per heavy atom. The van der Waals surface area contributed by atoms with E-state index in [0.29, 0.717) is 16.5 Å². The molecule has 1 amide bonds. The Bertz CT molecular complexity index is 422. The van der Waals surface area contributed by atoms with Crippen LogP contribution in [0.4, 0.5) is 5.69 Å². The predicted molar refractivity (Wildman–Crippen MR) is 61.0 cm³/mol. The smallest absolute Gasteiger partial charge is 0.229 e. The van der Waals surface area contributed by atoms with Crippen LogP contribution < -0.4 is 9.64 Å². The van der Waals surface area contributed by atoms with Crippen LogP contribution in [-0.4, -0.2) is 30.8 Å². The molecule has 0 aliphatic carbocycles. The molecule has 0 radical (unpaired) electrons. The zero-order chi connectivity index (χ0) is 11.7. The fraction of sp³-hybridized carbons (Fsp3) is 0.364. The molecular weight excluding hydrogens is 230 g/mol. The Balaban J connectivity index is 2.40. The zero-order valence-electron chi connectivity index (χ0n) is 8.81. The van der Waals surface area contributed by atoms with E-state index in [4.69, 9.17) is 16.3 Å². The molecule has 1 atom stereocenters. The molecule has 86 valence electrons. The fourth-order valence-corrected chi connectivity index (χ4v) is 2.08. The minimum atomic E-state index is -0.615. The lowest BCUT2D eigenvalue weighted by molar-refractivity contribution is -0.117. The monoisotopic (exact) mass is 241 g/mol. The van der Waals surface area contributed by atoms with Crippen LogP contribution in [0.3, 0.4) is 0 Å². The summed E-state index contributed by atoms with van der Waals surface area (Å²) in [5.74, 6) is 0.347. The van der Waals surface area contributed by atoms with Gasteiger partial charge < -0.3 is 14.7 Å². The number of aliphatic hydroxyl groups is 1. The topological polar surface area (TPSA) is 49.8 Å². The summed E-state index contributed by atoms with van der Waals surface area (Å²) in [6, 6.07) is 5.19. The number of hydrogen-bond donors (Lipinski definition) is 1. The van der Waals surface area contributed by atoms with Gasteiger partial charge in [-0.05, 0) is 12.1 Å². The summed E-state index contributed by atoms with van der Waals surface area (Å²) < 4.78 is 5.16. The van der Waals surface area contributed by atoms with Crippen LogP contribution in [0.2, 0.25) is 5.02 Å². The van der Waals surface area contributed by atoms with Gasteiger partial charge in [0.1, 0.15) is 0 Å². The molecular formula is C11H12ClNO3. The van der Waals surface area contributed by atoms with Gasteiger partial charge in [0.2, 0.25) is 5.91 Å². The van der Waals surface area contributed by atoms with Gasteiger partial charge in [0.25, 0.3) is 0 Å². The average Bonchev–Trinajstić information content (AvgIpc) is 2.57. The molecule has 1 N–H and O–H groups in total. The fourth-order valence-electron chi connectivity index (χ4n) is 1.83. The van der Waals surface area contributed by atoms with E-state index in [0.717, 1.165) is 0 Å². The Kier molecular flexibility index (Phi) is 3.03. The Morgan fingerprint density at radius 1 is 1.56 bits per heavy atom. The van der Waals surface area contributed by atoms with E-state index in [2.05, 4.69) is 0 Å². The molecule has 1 aliphatic heterocycles. The number of halogens is 1. The number of amides is 1. The van der Waals surface area contributed by atoms with Crippen molar-refractivity contribution in [3.63, 3.8) is 0 Å². The Morgan fingerprint density at radius 3 is 2.88 bits per heavy atom. The summed E-state index contributed by atoms with van der Waals surface area (Å²) in [5, 5.41) is 9.88. The number of anilines is 1. The van der Waals surface area contributed by atoms with Crippen molar-refractivity contribution in [2.45, 2.75) is 12.5 Å². The summed E-state index contributed by atoms with van der Waals surface area (Å²) in [6.45, 7) is 0.287. The minimum Gasteiger partial charge on any atom is -0.493 e. The molecule has 16 heavy (non-hydrogen) atoms.